The number of nitrogens with zero attached hydrogens (tertiary/aromatic N) is 3. The van der Waals surface area contributed by atoms with Crippen LogP contribution in [0.4, 0.5) is 5.69 Å². The van der Waals surface area contributed by atoms with E-state index < -0.39 is 0 Å². The van der Waals surface area contributed by atoms with Gasteiger partial charge in [0.15, 0.2) is 0 Å². The maximum Gasteiger partial charge on any atom is 0.259 e. The first kappa shape index (κ1) is 24.8. The van der Waals surface area contributed by atoms with Crippen LogP contribution in [0.25, 0.3) is 16.6 Å². The SMILES string of the molecule is COc1ccccc1C(=O)Nc1cc(C)c2c(c1)ncn2CCCCN1CC=C(c2ccccc2)CC1. The molecule has 4 aromatic rings. The number of methoxy groups -OCH3 is 1. The molecule has 0 spiro atoms. The van der Waals surface area contributed by atoms with Crippen molar-refractivity contribution in [1.29, 1.82) is 0 Å². The standard InChI is InChI=1S/C31H34N4O2/c1-23-20-26(33-31(36)27-12-6-7-13-29(27)37-2)21-28-30(23)35(22-32-28)17-9-8-16-34-18-14-25(15-19-34)24-10-4-3-5-11-24/h3-7,10-14,20-22H,8-9,15-19H2,1-2H3,(H,33,36). The molecule has 1 aliphatic rings. The molecule has 1 aliphatic heterocycles. The zero-order valence-corrected chi connectivity index (χ0v) is 21.6. The molecule has 0 saturated carbocycles. The van der Waals surface area contributed by atoms with Gasteiger partial charge in [0, 0.05) is 25.3 Å². The lowest BCUT2D eigenvalue weighted by Crippen LogP contribution is -2.29. The van der Waals surface area contributed by atoms with E-state index in [2.05, 4.69) is 63.1 Å². The van der Waals surface area contributed by atoms with E-state index in [1.54, 1.807) is 19.2 Å². The Bertz CT molecular complexity index is 1410. The molecule has 0 aliphatic carbocycles. The third-order valence-corrected chi connectivity index (χ3v) is 7.07. The maximum atomic E-state index is 12.8. The molecule has 0 atom stereocenters. The predicted octanol–water partition coefficient (Wildman–Crippen LogP) is 6.18. The molecule has 0 fully saturated rings. The van der Waals surface area contributed by atoms with Crippen molar-refractivity contribution in [2.75, 3.05) is 32.1 Å². The van der Waals surface area contributed by atoms with Gasteiger partial charge in [-0.25, -0.2) is 4.98 Å². The Morgan fingerprint density at radius 2 is 1.81 bits per heavy atom. The minimum absolute atomic E-state index is 0.195. The summed E-state index contributed by atoms with van der Waals surface area (Å²) in [5, 5.41) is 3.00. The zero-order chi connectivity index (χ0) is 25.6. The highest BCUT2D eigenvalue weighted by atomic mass is 16.5. The lowest BCUT2D eigenvalue weighted by Gasteiger charge is -2.26. The quantitative estimate of drug-likeness (QED) is 0.283. The third kappa shape index (κ3) is 5.75. The number of nitrogens with one attached hydrogen (secondary N) is 1. The molecule has 0 bridgehead atoms. The summed E-state index contributed by atoms with van der Waals surface area (Å²) in [6.45, 7) is 6.27. The molecule has 37 heavy (non-hydrogen) atoms. The molecule has 2 heterocycles. The van der Waals surface area contributed by atoms with E-state index in [0.717, 1.165) is 67.7 Å². The minimum atomic E-state index is -0.195. The fourth-order valence-electron chi connectivity index (χ4n) is 5.14. The Kier molecular flexibility index (Phi) is 7.66. The summed E-state index contributed by atoms with van der Waals surface area (Å²) in [6, 6.07) is 21.9. The number of amides is 1. The largest absolute Gasteiger partial charge is 0.496 e. The number of aromatic nitrogens is 2. The van der Waals surface area contributed by atoms with Crippen LogP contribution in [0.15, 0.2) is 79.1 Å². The summed E-state index contributed by atoms with van der Waals surface area (Å²) < 4.78 is 7.56. The molecule has 5 rings (SSSR count). The fourth-order valence-corrected chi connectivity index (χ4v) is 5.14. The van der Waals surface area contributed by atoms with Gasteiger partial charge < -0.3 is 14.6 Å². The van der Waals surface area contributed by atoms with Crippen LogP contribution in [0.5, 0.6) is 5.75 Å². The van der Waals surface area contributed by atoms with Crippen LogP contribution in [-0.2, 0) is 6.54 Å². The molecular weight excluding hydrogens is 460 g/mol. The van der Waals surface area contributed by atoms with Crippen LogP contribution in [-0.4, -0.2) is 47.1 Å². The van der Waals surface area contributed by atoms with Crippen LogP contribution in [0.3, 0.4) is 0 Å². The first-order valence-electron chi connectivity index (χ1n) is 13.0. The van der Waals surface area contributed by atoms with Crippen LogP contribution in [0.2, 0.25) is 0 Å². The van der Waals surface area contributed by atoms with Gasteiger partial charge in [0.2, 0.25) is 0 Å². The average molecular weight is 495 g/mol. The van der Waals surface area contributed by atoms with Crippen LogP contribution in [0, 0.1) is 6.92 Å². The van der Waals surface area contributed by atoms with Gasteiger partial charge >= 0.3 is 0 Å². The van der Waals surface area contributed by atoms with E-state index in [4.69, 9.17) is 4.74 Å². The van der Waals surface area contributed by atoms with Crippen molar-refractivity contribution in [3.05, 3.63) is 95.8 Å². The highest BCUT2D eigenvalue weighted by molar-refractivity contribution is 6.07. The summed E-state index contributed by atoms with van der Waals surface area (Å²) in [5.41, 5.74) is 7.18. The third-order valence-electron chi connectivity index (χ3n) is 7.07. The lowest BCUT2D eigenvalue weighted by atomic mass is 9.99. The smallest absolute Gasteiger partial charge is 0.259 e. The Balaban J connectivity index is 1.16. The van der Waals surface area contributed by atoms with Crippen molar-refractivity contribution in [3.8, 4) is 5.75 Å². The second-order valence-corrected chi connectivity index (χ2v) is 9.61. The predicted molar refractivity (Wildman–Crippen MR) is 150 cm³/mol. The molecule has 6 nitrogen and oxygen atoms in total. The summed E-state index contributed by atoms with van der Waals surface area (Å²) in [6.07, 6.45) is 7.67. The number of carbonyl (C=O) groups excluding carboxylic acids is 1. The number of para-hydroxylation sites is 1. The van der Waals surface area contributed by atoms with E-state index in [1.807, 2.05) is 30.6 Å². The maximum absolute atomic E-state index is 12.8. The second-order valence-electron chi connectivity index (χ2n) is 9.61. The molecule has 6 heteroatoms. The Morgan fingerprint density at radius 1 is 1.03 bits per heavy atom. The first-order chi connectivity index (χ1) is 18.1. The van der Waals surface area contributed by atoms with E-state index in [-0.39, 0.29) is 5.91 Å². The van der Waals surface area contributed by atoms with Gasteiger partial charge in [-0.3, -0.25) is 9.69 Å². The van der Waals surface area contributed by atoms with Gasteiger partial charge in [-0.05, 0) is 73.7 Å². The first-order valence-corrected chi connectivity index (χ1v) is 13.0. The van der Waals surface area contributed by atoms with Crippen molar-refractivity contribution in [2.24, 2.45) is 0 Å². The molecule has 1 amide bonds. The van der Waals surface area contributed by atoms with Crippen LogP contribution in [0.1, 0.15) is 40.7 Å². The van der Waals surface area contributed by atoms with Gasteiger partial charge in [0.1, 0.15) is 5.75 Å². The molecule has 0 radical (unpaired) electrons. The van der Waals surface area contributed by atoms with Crippen LogP contribution >= 0.6 is 0 Å². The Labute approximate surface area is 218 Å². The Hall–Kier alpha value is -3.90. The number of fused-ring (bicyclic) bond motifs is 1. The number of hydrogen-bond donors (Lipinski definition) is 1. The highest BCUT2D eigenvalue weighted by Crippen LogP contribution is 2.26. The topological polar surface area (TPSA) is 59.4 Å². The molecule has 1 aromatic heterocycles. The van der Waals surface area contributed by atoms with Crippen molar-refractivity contribution in [1.82, 2.24) is 14.5 Å². The van der Waals surface area contributed by atoms with Gasteiger partial charge in [0.25, 0.3) is 5.91 Å². The second kappa shape index (κ2) is 11.4. The molecule has 0 saturated heterocycles. The van der Waals surface area contributed by atoms with Gasteiger partial charge in [-0.1, -0.05) is 48.5 Å². The average Bonchev–Trinajstić information content (AvgIpc) is 3.35. The van der Waals surface area contributed by atoms with Crippen molar-refractivity contribution in [3.63, 3.8) is 0 Å². The number of unbranched alkanes of at least 4 members (excludes halogenated alkanes) is 1. The lowest BCUT2D eigenvalue weighted by molar-refractivity contribution is 0.102. The molecule has 0 unspecified atom stereocenters. The number of benzene rings is 3. The number of anilines is 1. The van der Waals surface area contributed by atoms with Gasteiger partial charge in [0.05, 0.1) is 30.0 Å². The number of carbonyl (C=O) groups is 1. The molecule has 3 aromatic carbocycles. The van der Waals surface area contributed by atoms with E-state index in [9.17, 15) is 4.79 Å². The summed E-state index contributed by atoms with van der Waals surface area (Å²) in [5.74, 6) is 0.360. The van der Waals surface area contributed by atoms with Crippen molar-refractivity contribution < 1.29 is 9.53 Å². The monoisotopic (exact) mass is 494 g/mol. The summed E-state index contributed by atoms with van der Waals surface area (Å²) in [7, 11) is 1.57. The fraction of sp³-hybridized carbons (Fsp3) is 0.290. The van der Waals surface area contributed by atoms with Crippen molar-refractivity contribution >= 4 is 28.2 Å². The van der Waals surface area contributed by atoms with E-state index in [1.165, 1.54) is 11.1 Å². The number of ether oxygens (including phenoxy) is 1. The number of imidazole rings is 1. The normalized spacial score (nSPS) is 13.9. The number of hydrogen-bond acceptors (Lipinski definition) is 4. The minimum Gasteiger partial charge on any atom is -0.496 e. The van der Waals surface area contributed by atoms with E-state index in [0.29, 0.717) is 11.3 Å². The zero-order valence-electron chi connectivity index (χ0n) is 21.6. The van der Waals surface area contributed by atoms with E-state index >= 15 is 0 Å². The summed E-state index contributed by atoms with van der Waals surface area (Å²) in [4.78, 5) is 20.0. The number of rotatable bonds is 9. The molecule has 1 N–H and O–H groups in total. The van der Waals surface area contributed by atoms with Gasteiger partial charge in [-0.2, -0.15) is 0 Å². The molecular formula is C31H34N4O2. The van der Waals surface area contributed by atoms with Crippen LogP contribution < -0.4 is 10.1 Å². The Morgan fingerprint density at radius 3 is 2.59 bits per heavy atom. The summed E-state index contributed by atoms with van der Waals surface area (Å²) >= 11 is 0. The molecule has 190 valence electrons. The van der Waals surface area contributed by atoms with Gasteiger partial charge in [-0.15, -0.1) is 0 Å². The number of aryl methyl sites for hydroxylation is 2. The van der Waals surface area contributed by atoms with Crippen molar-refractivity contribution in [2.45, 2.75) is 32.7 Å². The highest BCUT2D eigenvalue weighted by Gasteiger charge is 2.15.